The Labute approximate surface area is 143 Å². The second-order valence-electron chi connectivity index (χ2n) is 5.73. The minimum Gasteiger partial charge on any atom is -0.295 e. The Morgan fingerprint density at radius 2 is 1.65 bits per heavy atom. The molecule has 3 rings (SSSR count). The standard InChI is InChI=1S/C19H23N3S/c1-23-19-9-7-17(8-10-19)15-20-22-13-11-21(12-14-22)16-18-5-3-2-4-6-18/h2-10,15H,11-14,16H2,1H3/b20-15+. The number of thioether (sulfide) groups is 1. The molecule has 3 nitrogen and oxygen atoms in total. The summed E-state index contributed by atoms with van der Waals surface area (Å²) < 4.78 is 0. The Kier molecular flexibility index (Phi) is 5.72. The van der Waals surface area contributed by atoms with E-state index < -0.39 is 0 Å². The molecular weight excluding hydrogens is 302 g/mol. The first-order valence-electron chi connectivity index (χ1n) is 8.03. The lowest BCUT2D eigenvalue weighted by Gasteiger charge is -2.33. The fourth-order valence-corrected chi connectivity index (χ4v) is 3.10. The summed E-state index contributed by atoms with van der Waals surface area (Å²) in [5.74, 6) is 0. The predicted molar refractivity (Wildman–Crippen MR) is 99.1 cm³/mol. The maximum Gasteiger partial charge on any atom is 0.0542 e. The van der Waals surface area contributed by atoms with Crippen molar-refractivity contribution in [2.75, 3.05) is 32.4 Å². The van der Waals surface area contributed by atoms with Crippen LogP contribution in [0, 0.1) is 0 Å². The topological polar surface area (TPSA) is 18.8 Å². The first kappa shape index (κ1) is 16.1. The largest absolute Gasteiger partial charge is 0.295 e. The third-order valence-electron chi connectivity index (χ3n) is 4.08. The minimum atomic E-state index is 0.992. The summed E-state index contributed by atoms with van der Waals surface area (Å²) in [4.78, 5) is 3.78. The van der Waals surface area contributed by atoms with Gasteiger partial charge in [0.05, 0.1) is 6.21 Å². The highest BCUT2D eigenvalue weighted by atomic mass is 32.2. The van der Waals surface area contributed by atoms with E-state index in [0.29, 0.717) is 0 Å². The van der Waals surface area contributed by atoms with Gasteiger partial charge in [-0.05, 0) is 29.5 Å². The molecule has 1 aliphatic rings. The van der Waals surface area contributed by atoms with Gasteiger partial charge in [-0.1, -0.05) is 42.5 Å². The van der Waals surface area contributed by atoms with Gasteiger partial charge in [0.15, 0.2) is 0 Å². The van der Waals surface area contributed by atoms with Crippen molar-refractivity contribution < 1.29 is 0 Å². The van der Waals surface area contributed by atoms with E-state index in [4.69, 9.17) is 0 Å². The number of nitrogens with zero attached hydrogens (tertiary/aromatic N) is 3. The number of hydrogen-bond donors (Lipinski definition) is 0. The van der Waals surface area contributed by atoms with Crippen molar-refractivity contribution in [3.05, 3.63) is 65.7 Å². The van der Waals surface area contributed by atoms with Crippen LogP contribution in [0.3, 0.4) is 0 Å². The fraction of sp³-hybridized carbons (Fsp3) is 0.316. The number of hydrogen-bond acceptors (Lipinski definition) is 4. The van der Waals surface area contributed by atoms with E-state index in [-0.39, 0.29) is 0 Å². The molecule has 0 amide bonds. The second kappa shape index (κ2) is 8.18. The number of piperazine rings is 1. The first-order chi connectivity index (χ1) is 11.3. The van der Waals surface area contributed by atoms with Crippen molar-refractivity contribution in [2.45, 2.75) is 11.4 Å². The van der Waals surface area contributed by atoms with Gasteiger partial charge >= 0.3 is 0 Å². The van der Waals surface area contributed by atoms with Crippen molar-refractivity contribution in [3.63, 3.8) is 0 Å². The lowest BCUT2D eigenvalue weighted by Crippen LogP contribution is -2.43. The van der Waals surface area contributed by atoms with Gasteiger partial charge in [-0.25, -0.2) is 0 Å². The molecule has 0 aliphatic carbocycles. The van der Waals surface area contributed by atoms with E-state index in [1.54, 1.807) is 11.8 Å². The van der Waals surface area contributed by atoms with E-state index in [2.05, 4.69) is 75.9 Å². The van der Waals surface area contributed by atoms with E-state index in [0.717, 1.165) is 38.3 Å². The summed E-state index contributed by atoms with van der Waals surface area (Å²) in [6.07, 6.45) is 4.06. The summed E-state index contributed by atoms with van der Waals surface area (Å²) in [5.41, 5.74) is 2.55. The molecular formula is C19H23N3S. The molecule has 1 aliphatic heterocycles. The van der Waals surface area contributed by atoms with Gasteiger partial charge in [0.1, 0.15) is 0 Å². The van der Waals surface area contributed by atoms with Crippen molar-refractivity contribution in [1.29, 1.82) is 0 Å². The van der Waals surface area contributed by atoms with Gasteiger partial charge in [-0.15, -0.1) is 11.8 Å². The zero-order chi connectivity index (χ0) is 15.9. The third kappa shape index (κ3) is 4.85. The molecule has 0 bridgehead atoms. The van der Waals surface area contributed by atoms with Crippen molar-refractivity contribution in [3.8, 4) is 0 Å². The first-order valence-corrected chi connectivity index (χ1v) is 9.25. The zero-order valence-corrected chi connectivity index (χ0v) is 14.4. The van der Waals surface area contributed by atoms with Crippen LogP contribution in [0.2, 0.25) is 0 Å². The highest BCUT2D eigenvalue weighted by Gasteiger charge is 2.15. The molecule has 1 saturated heterocycles. The van der Waals surface area contributed by atoms with Crippen LogP contribution < -0.4 is 0 Å². The minimum absolute atomic E-state index is 0.992. The fourth-order valence-electron chi connectivity index (χ4n) is 2.69. The zero-order valence-electron chi connectivity index (χ0n) is 13.6. The molecule has 0 spiro atoms. The van der Waals surface area contributed by atoms with Crippen LogP contribution in [0.1, 0.15) is 11.1 Å². The molecule has 0 atom stereocenters. The molecule has 4 heteroatoms. The summed E-state index contributed by atoms with van der Waals surface area (Å²) >= 11 is 1.76. The van der Waals surface area contributed by atoms with Gasteiger partial charge in [0, 0.05) is 37.6 Å². The van der Waals surface area contributed by atoms with Gasteiger partial charge < -0.3 is 0 Å². The maximum absolute atomic E-state index is 4.63. The lowest BCUT2D eigenvalue weighted by molar-refractivity contribution is 0.131. The van der Waals surface area contributed by atoms with Crippen LogP contribution in [0.25, 0.3) is 0 Å². The van der Waals surface area contributed by atoms with Gasteiger partial charge in [-0.3, -0.25) is 9.91 Å². The molecule has 0 radical (unpaired) electrons. The normalized spacial score (nSPS) is 16.1. The molecule has 0 aromatic heterocycles. The molecule has 1 heterocycles. The van der Waals surface area contributed by atoms with Crippen LogP contribution in [0.4, 0.5) is 0 Å². The van der Waals surface area contributed by atoms with Crippen molar-refractivity contribution >= 4 is 18.0 Å². The van der Waals surface area contributed by atoms with Crippen LogP contribution in [-0.4, -0.2) is 48.6 Å². The maximum atomic E-state index is 4.63. The van der Waals surface area contributed by atoms with Crippen LogP contribution >= 0.6 is 11.8 Å². The van der Waals surface area contributed by atoms with Crippen LogP contribution in [0.5, 0.6) is 0 Å². The highest BCUT2D eigenvalue weighted by Crippen LogP contribution is 2.14. The van der Waals surface area contributed by atoms with Crippen molar-refractivity contribution in [1.82, 2.24) is 9.91 Å². The molecule has 0 N–H and O–H groups in total. The average molecular weight is 325 g/mol. The number of rotatable bonds is 5. The molecule has 120 valence electrons. The molecule has 1 fully saturated rings. The molecule has 2 aromatic rings. The van der Waals surface area contributed by atoms with Gasteiger partial charge in [0.2, 0.25) is 0 Å². The summed E-state index contributed by atoms with van der Waals surface area (Å²) in [7, 11) is 0. The van der Waals surface area contributed by atoms with E-state index in [1.165, 1.54) is 10.5 Å². The summed E-state index contributed by atoms with van der Waals surface area (Å²) in [5, 5.41) is 6.80. The molecule has 2 aromatic carbocycles. The number of benzene rings is 2. The van der Waals surface area contributed by atoms with Gasteiger partial charge in [0.25, 0.3) is 0 Å². The van der Waals surface area contributed by atoms with Gasteiger partial charge in [-0.2, -0.15) is 5.10 Å². The molecule has 0 saturated carbocycles. The molecule has 23 heavy (non-hydrogen) atoms. The predicted octanol–water partition coefficient (Wildman–Crippen LogP) is 3.56. The third-order valence-corrected chi connectivity index (χ3v) is 4.83. The SMILES string of the molecule is CSc1ccc(/C=N/N2CCN(Cc3ccccc3)CC2)cc1. The Balaban J connectivity index is 1.47. The Morgan fingerprint density at radius 3 is 2.30 bits per heavy atom. The summed E-state index contributed by atoms with van der Waals surface area (Å²) in [6, 6.07) is 19.2. The summed E-state index contributed by atoms with van der Waals surface area (Å²) in [6.45, 7) is 5.16. The Bertz CT molecular complexity index is 617. The Morgan fingerprint density at radius 1 is 0.957 bits per heavy atom. The molecule has 0 unspecified atom stereocenters. The van der Waals surface area contributed by atoms with E-state index in [1.807, 2.05) is 6.21 Å². The monoisotopic (exact) mass is 325 g/mol. The average Bonchev–Trinajstić information content (AvgIpc) is 2.62. The van der Waals surface area contributed by atoms with Crippen LogP contribution in [-0.2, 0) is 6.54 Å². The smallest absolute Gasteiger partial charge is 0.0542 e. The van der Waals surface area contributed by atoms with Crippen LogP contribution in [0.15, 0.2) is 64.6 Å². The van der Waals surface area contributed by atoms with E-state index >= 15 is 0 Å². The van der Waals surface area contributed by atoms with Crippen molar-refractivity contribution in [2.24, 2.45) is 5.10 Å². The Hall–Kier alpha value is -1.78. The lowest BCUT2D eigenvalue weighted by atomic mass is 10.2. The van der Waals surface area contributed by atoms with E-state index in [9.17, 15) is 0 Å². The quantitative estimate of drug-likeness (QED) is 0.619. The number of hydrazone groups is 1. The highest BCUT2D eigenvalue weighted by molar-refractivity contribution is 7.98. The second-order valence-corrected chi connectivity index (χ2v) is 6.61.